The van der Waals surface area contributed by atoms with Crippen LogP contribution >= 0.6 is 0 Å². The lowest BCUT2D eigenvalue weighted by molar-refractivity contribution is 0.413. The number of hydrogen-bond acceptors (Lipinski definition) is 3. The molecule has 0 saturated heterocycles. The number of methoxy groups -OCH3 is 1. The van der Waals surface area contributed by atoms with E-state index in [4.69, 9.17) is 4.74 Å². The first-order valence-corrected chi connectivity index (χ1v) is 9.53. The molecule has 1 atom stereocenters. The lowest BCUT2D eigenvalue weighted by atomic mass is 10.1. The maximum Gasteiger partial charge on any atom is 0.241 e. The van der Waals surface area contributed by atoms with Crippen molar-refractivity contribution in [3.8, 4) is 5.75 Å². The number of hydrogen-bond donors (Lipinski definition) is 1. The molecule has 24 heavy (non-hydrogen) atoms. The summed E-state index contributed by atoms with van der Waals surface area (Å²) in [6, 6.07) is 11.2. The smallest absolute Gasteiger partial charge is 0.241 e. The van der Waals surface area contributed by atoms with Crippen LogP contribution in [0.15, 0.2) is 41.3 Å². The predicted molar refractivity (Wildman–Crippen MR) is 97.0 cm³/mol. The summed E-state index contributed by atoms with van der Waals surface area (Å²) in [6.45, 7) is 7.51. The molecule has 0 fully saturated rings. The third kappa shape index (κ3) is 3.97. The lowest BCUT2D eigenvalue weighted by Gasteiger charge is -2.18. The van der Waals surface area contributed by atoms with E-state index < -0.39 is 10.0 Å². The minimum atomic E-state index is -3.62. The normalized spacial score (nSPS) is 12.9. The van der Waals surface area contributed by atoms with Crippen LogP contribution in [-0.2, 0) is 16.4 Å². The zero-order valence-electron chi connectivity index (χ0n) is 14.9. The second-order valence-corrected chi connectivity index (χ2v) is 7.68. The van der Waals surface area contributed by atoms with E-state index in [9.17, 15) is 8.42 Å². The Balaban J connectivity index is 2.30. The summed E-state index contributed by atoms with van der Waals surface area (Å²) in [5.41, 5.74) is 3.52. The Labute approximate surface area is 144 Å². The second-order valence-electron chi connectivity index (χ2n) is 6.03. The fourth-order valence-corrected chi connectivity index (χ4v) is 4.54. The van der Waals surface area contributed by atoms with Gasteiger partial charge in [0.05, 0.1) is 12.0 Å². The summed E-state index contributed by atoms with van der Waals surface area (Å²) in [4.78, 5) is 0.320. The van der Waals surface area contributed by atoms with Gasteiger partial charge in [0.1, 0.15) is 5.75 Å². The van der Waals surface area contributed by atoms with Gasteiger partial charge in [-0.1, -0.05) is 31.2 Å². The summed E-state index contributed by atoms with van der Waals surface area (Å²) < 4.78 is 33.6. The minimum Gasteiger partial charge on any atom is -0.497 e. The van der Waals surface area contributed by atoms with Crippen molar-refractivity contribution in [1.82, 2.24) is 4.72 Å². The van der Waals surface area contributed by atoms with Gasteiger partial charge in [-0.3, -0.25) is 0 Å². The van der Waals surface area contributed by atoms with Crippen molar-refractivity contribution < 1.29 is 13.2 Å². The van der Waals surface area contributed by atoms with Crippen molar-refractivity contribution in [3.63, 3.8) is 0 Å². The van der Waals surface area contributed by atoms with Gasteiger partial charge in [0, 0.05) is 6.04 Å². The molecule has 0 radical (unpaired) electrons. The van der Waals surface area contributed by atoms with Crippen LogP contribution in [0, 0.1) is 13.8 Å². The lowest BCUT2D eigenvalue weighted by Crippen LogP contribution is -2.28. The molecule has 0 amide bonds. The molecule has 0 aromatic heterocycles. The van der Waals surface area contributed by atoms with Crippen LogP contribution in [0.25, 0.3) is 0 Å². The SMILES string of the molecule is CCc1ccc([C@@H](C)NS(=O)(=O)c2c(C)cc(OC)cc2C)cc1. The number of rotatable bonds is 6. The topological polar surface area (TPSA) is 55.4 Å². The zero-order valence-corrected chi connectivity index (χ0v) is 15.7. The first kappa shape index (κ1) is 18.5. The molecule has 1 N–H and O–H groups in total. The monoisotopic (exact) mass is 347 g/mol. The average molecular weight is 347 g/mol. The van der Waals surface area contributed by atoms with Crippen LogP contribution in [-0.4, -0.2) is 15.5 Å². The molecular weight excluding hydrogens is 322 g/mol. The molecule has 0 unspecified atom stereocenters. The third-order valence-corrected chi connectivity index (χ3v) is 6.00. The van der Waals surface area contributed by atoms with Crippen LogP contribution in [0.4, 0.5) is 0 Å². The van der Waals surface area contributed by atoms with Crippen molar-refractivity contribution in [2.75, 3.05) is 7.11 Å². The van der Waals surface area contributed by atoms with E-state index in [1.807, 2.05) is 31.2 Å². The van der Waals surface area contributed by atoms with Gasteiger partial charge >= 0.3 is 0 Å². The number of sulfonamides is 1. The van der Waals surface area contributed by atoms with E-state index in [1.165, 1.54) is 5.56 Å². The number of benzene rings is 2. The van der Waals surface area contributed by atoms with Gasteiger partial charge in [-0.25, -0.2) is 13.1 Å². The fraction of sp³-hybridized carbons (Fsp3) is 0.368. The Morgan fingerprint density at radius 1 is 1.08 bits per heavy atom. The van der Waals surface area contributed by atoms with E-state index in [2.05, 4.69) is 11.6 Å². The Morgan fingerprint density at radius 2 is 1.62 bits per heavy atom. The van der Waals surface area contributed by atoms with Gasteiger partial charge in [0.25, 0.3) is 0 Å². The molecule has 2 aromatic rings. The minimum absolute atomic E-state index is 0.304. The molecule has 130 valence electrons. The van der Waals surface area contributed by atoms with Gasteiger partial charge in [0.2, 0.25) is 10.0 Å². The zero-order chi connectivity index (χ0) is 17.9. The number of nitrogens with one attached hydrogen (secondary N) is 1. The first-order chi connectivity index (χ1) is 11.3. The van der Waals surface area contributed by atoms with E-state index in [1.54, 1.807) is 33.1 Å². The maximum absolute atomic E-state index is 12.8. The molecule has 0 aliphatic carbocycles. The first-order valence-electron chi connectivity index (χ1n) is 8.05. The Bertz CT molecular complexity index is 788. The third-order valence-electron chi connectivity index (χ3n) is 4.16. The summed E-state index contributed by atoms with van der Waals surface area (Å²) in [6.07, 6.45) is 0.963. The van der Waals surface area contributed by atoms with Crippen molar-refractivity contribution in [1.29, 1.82) is 0 Å². The van der Waals surface area contributed by atoms with Crippen LogP contribution in [0.5, 0.6) is 5.75 Å². The van der Waals surface area contributed by atoms with Gasteiger partial charge in [0.15, 0.2) is 0 Å². The molecule has 2 aromatic carbocycles. The molecule has 0 bridgehead atoms. The standard InChI is InChI=1S/C19H25NO3S/c1-6-16-7-9-17(10-8-16)15(4)20-24(21,22)19-13(2)11-18(23-5)12-14(19)3/h7-12,15,20H,6H2,1-5H3/t15-/m1/s1. The molecule has 2 rings (SSSR count). The van der Waals surface area contributed by atoms with Crippen molar-refractivity contribution >= 4 is 10.0 Å². The van der Waals surface area contributed by atoms with Crippen LogP contribution < -0.4 is 9.46 Å². The van der Waals surface area contributed by atoms with Gasteiger partial charge in [-0.2, -0.15) is 0 Å². The Morgan fingerprint density at radius 3 is 2.08 bits per heavy atom. The molecule has 0 aliphatic heterocycles. The van der Waals surface area contributed by atoms with Crippen molar-refractivity contribution in [2.45, 2.75) is 45.1 Å². The highest BCUT2D eigenvalue weighted by atomic mass is 32.2. The quantitative estimate of drug-likeness (QED) is 0.862. The van der Waals surface area contributed by atoms with Gasteiger partial charge in [-0.05, 0) is 61.6 Å². The molecule has 4 nitrogen and oxygen atoms in total. The second kappa shape index (κ2) is 7.36. The summed E-state index contributed by atoms with van der Waals surface area (Å²) in [5, 5.41) is 0. The summed E-state index contributed by atoms with van der Waals surface area (Å²) >= 11 is 0. The number of ether oxygens (including phenoxy) is 1. The van der Waals surface area contributed by atoms with Crippen molar-refractivity contribution in [3.05, 3.63) is 58.7 Å². The molecular formula is C19H25NO3S. The highest BCUT2D eigenvalue weighted by Gasteiger charge is 2.23. The van der Waals surface area contributed by atoms with E-state index in [-0.39, 0.29) is 6.04 Å². The van der Waals surface area contributed by atoms with Crippen LogP contribution in [0.1, 0.15) is 42.1 Å². The molecule has 5 heteroatoms. The average Bonchev–Trinajstić information content (AvgIpc) is 2.53. The van der Waals surface area contributed by atoms with Gasteiger partial charge < -0.3 is 4.74 Å². The van der Waals surface area contributed by atoms with E-state index in [0.717, 1.165) is 12.0 Å². The van der Waals surface area contributed by atoms with E-state index in [0.29, 0.717) is 21.8 Å². The summed E-state index contributed by atoms with van der Waals surface area (Å²) in [7, 11) is -2.04. The van der Waals surface area contributed by atoms with Crippen LogP contribution in [0.2, 0.25) is 0 Å². The summed E-state index contributed by atoms with van der Waals surface area (Å²) in [5.74, 6) is 0.659. The molecule has 0 heterocycles. The highest BCUT2D eigenvalue weighted by Crippen LogP contribution is 2.27. The Kier molecular flexibility index (Phi) is 5.67. The van der Waals surface area contributed by atoms with Gasteiger partial charge in [-0.15, -0.1) is 0 Å². The fourth-order valence-electron chi connectivity index (χ4n) is 2.85. The predicted octanol–water partition coefficient (Wildman–Crippen LogP) is 3.91. The largest absolute Gasteiger partial charge is 0.497 e. The Hall–Kier alpha value is -1.85. The maximum atomic E-state index is 12.8. The molecule has 0 spiro atoms. The van der Waals surface area contributed by atoms with Crippen molar-refractivity contribution in [2.24, 2.45) is 0 Å². The number of aryl methyl sites for hydroxylation is 3. The molecule has 0 aliphatic rings. The van der Waals surface area contributed by atoms with E-state index >= 15 is 0 Å². The highest BCUT2D eigenvalue weighted by molar-refractivity contribution is 7.89. The molecule has 0 saturated carbocycles. The van der Waals surface area contributed by atoms with Crippen LogP contribution in [0.3, 0.4) is 0 Å².